The normalized spacial score (nSPS) is 14.4. The number of allylic oxidation sites excluding steroid dienone is 16. The van der Waals surface area contributed by atoms with Crippen molar-refractivity contribution in [1.82, 2.24) is 15.0 Å². The summed E-state index contributed by atoms with van der Waals surface area (Å²) in [6.07, 6.45) is 31.9. The molecule has 58 heavy (non-hydrogen) atoms. The molecule has 5 aromatic carbocycles. The first-order chi connectivity index (χ1) is 28.7. The molecule has 3 heteroatoms. The third-order valence-electron chi connectivity index (χ3n) is 10.3. The zero-order valence-corrected chi connectivity index (χ0v) is 32.6. The summed E-state index contributed by atoms with van der Waals surface area (Å²) < 4.78 is 0. The lowest BCUT2D eigenvalue weighted by molar-refractivity contribution is 1.03. The quantitative estimate of drug-likeness (QED) is 0.0796. The van der Waals surface area contributed by atoms with Gasteiger partial charge in [-0.1, -0.05) is 176 Å². The molecule has 0 radical (unpaired) electrons. The van der Waals surface area contributed by atoms with Gasteiger partial charge in [-0.2, -0.15) is 0 Å². The van der Waals surface area contributed by atoms with Gasteiger partial charge in [-0.15, -0.1) is 6.42 Å². The molecule has 0 saturated heterocycles. The van der Waals surface area contributed by atoms with E-state index in [1.807, 2.05) is 49.4 Å². The van der Waals surface area contributed by atoms with Crippen LogP contribution >= 0.6 is 0 Å². The second-order valence-corrected chi connectivity index (χ2v) is 14.1. The lowest BCUT2D eigenvalue weighted by Gasteiger charge is -2.22. The Labute approximate surface area is 342 Å². The van der Waals surface area contributed by atoms with Crippen molar-refractivity contribution < 1.29 is 0 Å². The first-order valence-electron chi connectivity index (χ1n) is 19.8. The number of nitrogens with zero attached hydrogens (tertiary/aromatic N) is 3. The van der Waals surface area contributed by atoms with Crippen LogP contribution in [0.5, 0.6) is 0 Å². The average Bonchev–Trinajstić information content (AvgIpc) is 3.59. The summed E-state index contributed by atoms with van der Waals surface area (Å²) in [6.45, 7) is 1.96. The fourth-order valence-electron chi connectivity index (χ4n) is 7.47. The monoisotopic (exact) mass is 745 g/mol. The highest BCUT2D eigenvalue weighted by Gasteiger charge is 2.20. The van der Waals surface area contributed by atoms with E-state index in [1.54, 1.807) is 6.08 Å². The van der Waals surface area contributed by atoms with Crippen molar-refractivity contribution >= 4 is 16.7 Å². The first-order valence-corrected chi connectivity index (χ1v) is 19.8. The molecule has 0 amide bonds. The molecule has 1 aromatic heterocycles. The van der Waals surface area contributed by atoms with E-state index in [1.165, 1.54) is 33.4 Å². The van der Waals surface area contributed by atoms with Gasteiger partial charge in [-0.3, -0.25) is 0 Å². The van der Waals surface area contributed by atoms with Gasteiger partial charge in [0.1, 0.15) is 0 Å². The predicted octanol–water partition coefficient (Wildman–Crippen LogP) is 13.8. The average molecular weight is 746 g/mol. The fourth-order valence-corrected chi connectivity index (χ4v) is 7.47. The van der Waals surface area contributed by atoms with Gasteiger partial charge >= 0.3 is 0 Å². The molecule has 0 fully saturated rings. The van der Waals surface area contributed by atoms with E-state index in [0.29, 0.717) is 17.5 Å². The van der Waals surface area contributed by atoms with Crippen molar-refractivity contribution in [1.29, 1.82) is 0 Å². The van der Waals surface area contributed by atoms with Gasteiger partial charge in [0, 0.05) is 16.7 Å². The molecule has 0 atom stereocenters. The second-order valence-electron chi connectivity index (χ2n) is 14.1. The molecule has 2 aliphatic carbocycles. The molecule has 0 saturated carbocycles. The third-order valence-corrected chi connectivity index (χ3v) is 10.3. The summed E-state index contributed by atoms with van der Waals surface area (Å²) in [4.78, 5) is 14.8. The Morgan fingerprint density at radius 3 is 1.90 bits per heavy atom. The highest BCUT2D eigenvalue weighted by Crippen LogP contribution is 2.41. The van der Waals surface area contributed by atoms with E-state index in [4.69, 9.17) is 21.4 Å². The summed E-state index contributed by atoms with van der Waals surface area (Å²) in [6, 6.07) is 47.1. The van der Waals surface area contributed by atoms with Gasteiger partial charge in [-0.25, -0.2) is 15.0 Å². The van der Waals surface area contributed by atoms with Crippen LogP contribution in [0.2, 0.25) is 0 Å². The van der Waals surface area contributed by atoms with Crippen LogP contribution in [0, 0.1) is 12.3 Å². The van der Waals surface area contributed by atoms with Gasteiger partial charge in [-0.05, 0) is 112 Å². The largest absolute Gasteiger partial charge is 0.208 e. The Balaban J connectivity index is 1.21. The molecule has 0 bridgehead atoms. The summed E-state index contributed by atoms with van der Waals surface area (Å²) in [5, 5.41) is 0. The Hall–Kier alpha value is -7.41. The summed E-state index contributed by atoms with van der Waals surface area (Å²) >= 11 is 0. The zero-order chi connectivity index (χ0) is 39.5. The van der Waals surface area contributed by atoms with Crippen LogP contribution in [0.4, 0.5) is 0 Å². The van der Waals surface area contributed by atoms with Crippen LogP contribution in [-0.4, -0.2) is 15.0 Å². The maximum atomic E-state index is 5.56. The Bertz CT molecular complexity index is 2750. The maximum Gasteiger partial charge on any atom is 0.164 e. The molecule has 0 spiro atoms. The smallest absolute Gasteiger partial charge is 0.164 e. The van der Waals surface area contributed by atoms with Crippen LogP contribution in [-0.2, 0) is 0 Å². The molecule has 0 unspecified atom stereocenters. The predicted molar refractivity (Wildman–Crippen MR) is 244 cm³/mol. The molecule has 0 aliphatic heterocycles. The number of hydrogen-bond donors (Lipinski definition) is 0. The second kappa shape index (κ2) is 18.0. The van der Waals surface area contributed by atoms with Crippen molar-refractivity contribution in [2.45, 2.75) is 26.2 Å². The molecule has 278 valence electrons. The molecule has 8 rings (SSSR count). The van der Waals surface area contributed by atoms with Crippen molar-refractivity contribution in [3.05, 3.63) is 228 Å². The van der Waals surface area contributed by atoms with E-state index in [2.05, 4.69) is 158 Å². The minimum Gasteiger partial charge on any atom is -0.208 e. The Morgan fingerprint density at radius 1 is 0.586 bits per heavy atom. The van der Waals surface area contributed by atoms with E-state index < -0.39 is 0 Å². The molecule has 0 N–H and O–H groups in total. The van der Waals surface area contributed by atoms with Crippen molar-refractivity contribution in [3.8, 4) is 57.4 Å². The molecule has 3 nitrogen and oxygen atoms in total. The summed E-state index contributed by atoms with van der Waals surface area (Å²) in [7, 11) is 0. The van der Waals surface area contributed by atoms with Gasteiger partial charge in [0.2, 0.25) is 0 Å². The van der Waals surface area contributed by atoms with Crippen LogP contribution in [0.1, 0.15) is 43.1 Å². The van der Waals surface area contributed by atoms with E-state index >= 15 is 0 Å². The topological polar surface area (TPSA) is 38.7 Å². The van der Waals surface area contributed by atoms with Crippen LogP contribution in [0.15, 0.2) is 211 Å². The van der Waals surface area contributed by atoms with Gasteiger partial charge < -0.3 is 0 Å². The maximum absolute atomic E-state index is 5.56. The molecule has 2 aliphatic rings. The Morgan fingerprint density at radius 2 is 1.21 bits per heavy atom. The number of terminal acetylenes is 1. The molecule has 1 heterocycles. The summed E-state index contributed by atoms with van der Waals surface area (Å²) in [5.41, 5.74) is 14.6. The molecular formula is C55H43N3. The lowest BCUT2D eigenvalue weighted by atomic mass is 9.82. The number of hydrogen-bond acceptors (Lipinski definition) is 3. The number of aromatic nitrogens is 3. The third kappa shape index (κ3) is 8.53. The lowest BCUT2D eigenvalue weighted by Crippen LogP contribution is -2.02. The van der Waals surface area contributed by atoms with E-state index in [0.717, 1.165) is 58.2 Å². The fraction of sp³-hybridized carbons (Fsp3) is 0.0727. The van der Waals surface area contributed by atoms with Crippen molar-refractivity contribution in [2.24, 2.45) is 0 Å². The highest BCUT2D eigenvalue weighted by atomic mass is 15.0. The van der Waals surface area contributed by atoms with Crippen molar-refractivity contribution in [2.75, 3.05) is 0 Å². The zero-order valence-electron chi connectivity index (χ0n) is 32.6. The van der Waals surface area contributed by atoms with Crippen LogP contribution in [0.25, 0.3) is 61.7 Å². The Kier molecular flexibility index (Phi) is 11.7. The van der Waals surface area contributed by atoms with E-state index in [-0.39, 0.29) is 0 Å². The highest BCUT2D eigenvalue weighted by molar-refractivity contribution is 6.06. The van der Waals surface area contributed by atoms with Gasteiger partial charge in [0.25, 0.3) is 0 Å². The van der Waals surface area contributed by atoms with Crippen molar-refractivity contribution in [3.63, 3.8) is 0 Å². The van der Waals surface area contributed by atoms with Crippen LogP contribution < -0.4 is 0 Å². The molecular weight excluding hydrogens is 703 g/mol. The molecule has 6 aromatic rings. The number of rotatable bonds is 10. The SMILES string of the molecule is C#C/C=C\C(=C/C)c1nc(-c2ccccc2)nc(-c2cccc(-c3cccc(-c4cccc(/C(C5=CCCC=C5)=C(/C5=CC=CC=CC5)c5ccccc5)c4)c3)c2)n1. The standard InChI is InChI=1S/C55H43N3/c1-3-5-22-40(4-2)53-56-54(44-29-17-10-18-30-44)58-55(57-53)50-36-21-34-48(39-50)46-32-19-31-45(37-46)47-33-20-35-49(38-47)52(43-27-15-9-16-28-43)51(42-25-13-8-14-26-42)41-23-11-6-7-12-24-41/h1,4-8,10-15,17-23,25-39H,9,16,24H2,2H3/b22-5-,40-4+,52-51-. The van der Waals surface area contributed by atoms with Gasteiger partial charge in [0.05, 0.1) is 0 Å². The van der Waals surface area contributed by atoms with Crippen LogP contribution in [0.3, 0.4) is 0 Å². The van der Waals surface area contributed by atoms with Gasteiger partial charge in [0.15, 0.2) is 17.5 Å². The minimum atomic E-state index is 0.566. The summed E-state index contributed by atoms with van der Waals surface area (Å²) in [5.74, 6) is 4.35. The van der Waals surface area contributed by atoms with E-state index in [9.17, 15) is 0 Å². The first kappa shape index (κ1) is 37.5. The minimum absolute atomic E-state index is 0.566. The number of benzene rings is 5.